The number of methoxy groups -OCH3 is 1. The Balaban J connectivity index is 0.000000913. The van der Waals surface area contributed by atoms with E-state index in [1.165, 1.54) is 26.1 Å². The largest absolute Gasteiger partial charge is 0.483 e. The third-order valence-corrected chi connectivity index (χ3v) is 7.28. The summed E-state index contributed by atoms with van der Waals surface area (Å²) in [5.41, 5.74) is 3.38. The number of likely N-dealkylation sites (N-methyl/N-ethyl adjacent to an activating group) is 1. The quantitative estimate of drug-likeness (QED) is 0.651. The molecule has 9 nitrogen and oxygen atoms in total. The van der Waals surface area contributed by atoms with Gasteiger partial charge in [-0.3, -0.25) is 14.5 Å². The van der Waals surface area contributed by atoms with E-state index in [1.54, 1.807) is 6.07 Å². The van der Waals surface area contributed by atoms with Gasteiger partial charge in [0, 0.05) is 43.0 Å². The van der Waals surface area contributed by atoms with Crippen LogP contribution in [0.2, 0.25) is 0 Å². The SMILES string of the molecule is COc1nc2c(cc1NS(=O)(=O)c1ccc(C3CCCC3)nc1)CCN(C)CC2.O=CO. The Bertz CT molecular complexity index is 1020. The predicted molar refractivity (Wildman–Crippen MR) is 121 cm³/mol. The number of pyridine rings is 2. The van der Waals surface area contributed by atoms with Gasteiger partial charge in [-0.2, -0.15) is 0 Å². The zero-order chi connectivity index (χ0) is 23.1. The number of fused-ring (bicyclic) bond motifs is 1. The fourth-order valence-corrected chi connectivity index (χ4v) is 5.17. The van der Waals surface area contributed by atoms with Gasteiger partial charge < -0.3 is 14.7 Å². The number of nitrogens with one attached hydrogen (secondary N) is 1. The van der Waals surface area contributed by atoms with Crippen LogP contribution in [0.15, 0.2) is 29.3 Å². The number of rotatable bonds is 5. The van der Waals surface area contributed by atoms with Gasteiger partial charge in [0.15, 0.2) is 0 Å². The standard InChI is InChI=1S/C21H28N4O3S.CH2O2/c1-25-11-9-16-13-20(21(28-2)23-19(16)10-12-25)24-29(26,27)17-7-8-18(22-14-17)15-5-3-4-6-15;2-1-3/h7-8,13-15,24H,3-6,9-12H2,1-2H3;1H,(H,2,3). The van der Waals surface area contributed by atoms with Gasteiger partial charge in [-0.25, -0.2) is 13.4 Å². The first-order valence-corrected chi connectivity index (χ1v) is 12.2. The lowest BCUT2D eigenvalue weighted by Crippen LogP contribution is -2.20. The summed E-state index contributed by atoms with van der Waals surface area (Å²) in [6.07, 6.45) is 7.80. The molecule has 0 aromatic carbocycles. The summed E-state index contributed by atoms with van der Waals surface area (Å²) in [6, 6.07) is 5.34. The molecule has 0 amide bonds. The van der Waals surface area contributed by atoms with E-state index in [2.05, 4.69) is 26.6 Å². The maximum atomic E-state index is 12.9. The normalized spacial score (nSPS) is 16.9. The van der Waals surface area contributed by atoms with E-state index in [0.717, 1.165) is 55.7 Å². The van der Waals surface area contributed by atoms with Gasteiger partial charge in [-0.05, 0) is 50.1 Å². The smallest absolute Gasteiger partial charge is 0.290 e. The van der Waals surface area contributed by atoms with Crippen molar-refractivity contribution in [3.8, 4) is 5.88 Å². The highest BCUT2D eigenvalue weighted by atomic mass is 32.2. The number of ether oxygens (including phenoxy) is 1. The fourth-order valence-electron chi connectivity index (χ4n) is 4.17. The second-order valence-corrected chi connectivity index (χ2v) is 9.75. The summed E-state index contributed by atoms with van der Waals surface area (Å²) in [7, 11) is -0.190. The number of carboxylic acid groups (broad SMARTS) is 1. The van der Waals surface area contributed by atoms with E-state index in [-0.39, 0.29) is 11.4 Å². The fraction of sp³-hybridized carbons (Fsp3) is 0.500. The minimum absolute atomic E-state index is 0.149. The van der Waals surface area contributed by atoms with Crippen molar-refractivity contribution < 1.29 is 23.1 Å². The van der Waals surface area contributed by atoms with Crippen LogP contribution in [-0.4, -0.2) is 62.1 Å². The van der Waals surface area contributed by atoms with Crippen molar-refractivity contribution >= 4 is 22.2 Å². The van der Waals surface area contributed by atoms with E-state index in [1.807, 2.05) is 12.1 Å². The van der Waals surface area contributed by atoms with Crippen LogP contribution in [0.3, 0.4) is 0 Å². The first kappa shape index (κ1) is 23.9. The van der Waals surface area contributed by atoms with Crippen LogP contribution < -0.4 is 9.46 Å². The van der Waals surface area contributed by atoms with E-state index >= 15 is 0 Å². The molecule has 2 aromatic heterocycles. The second kappa shape index (κ2) is 10.7. The molecule has 1 saturated carbocycles. The molecule has 1 aliphatic heterocycles. The third-order valence-electron chi connectivity index (χ3n) is 5.93. The number of hydrogen-bond acceptors (Lipinski definition) is 7. The van der Waals surface area contributed by atoms with Crippen molar-refractivity contribution in [3.05, 3.63) is 41.3 Å². The highest BCUT2D eigenvalue weighted by molar-refractivity contribution is 7.92. The Morgan fingerprint density at radius 3 is 2.53 bits per heavy atom. The summed E-state index contributed by atoms with van der Waals surface area (Å²) in [5, 5.41) is 6.89. The van der Waals surface area contributed by atoms with Crippen LogP contribution in [0.4, 0.5) is 5.69 Å². The molecule has 2 N–H and O–H groups in total. The molecule has 32 heavy (non-hydrogen) atoms. The minimum Gasteiger partial charge on any atom is -0.483 e. The molecule has 0 bridgehead atoms. The molecule has 2 aliphatic rings. The van der Waals surface area contributed by atoms with Crippen LogP contribution in [-0.2, 0) is 27.7 Å². The van der Waals surface area contributed by atoms with E-state index < -0.39 is 10.0 Å². The van der Waals surface area contributed by atoms with E-state index in [0.29, 0.717) is 17.5 Å². The van der Waals surface area contributed by atoms with E-state index in [9.17, 15) is 8.42 Å². The average molecular weight is 463 g/mol. The Hall–Kier alpha value is -2.72. The molecular formula is C22H30N4O5S. The number of sulfonamides is 1. The Labute approximate surface area is 188 Å². The second-order valence-electron chi connectivity index (χ2n) is 8.07. The lowest BCUT2D eigenvalue weighted by Gasteiger charge is -2.15. The van der Waals surface area contributed by atoms with Crippen molar-refractivity contribution in [2.75, 3.05) is 32.0 Å². The molecule has 1 aliphatic carbocycles. The minimum atomic E-state index is -3.78. The summed E-state index contributed by atoms with van der Waals surface area (Å²) in [5.74, 6) is 0.749. The molecule has 0 saturated heterocycles. The van der Waals surface area contributed by atoms with Crippen molar-refractivity contribution in [1.82, 2.24) is 14.9 Å². The number of hydrogen-bond donors (Lipinski definition) is 2. The van der Waals surface area contributed by atoms with Crippen molar-refractivity contribution in [1.29, 1.82) is 0 Å². The van der Waals surface area contributed by atoms with Crippen LogP contribution >= 0.6 is 0 Å². The zero-order valence-corrected chi connectivity index (χ0v) is 19.3. The molecule has 4 rings (SSSR count). The monoisotopic (exact) mass is 462 g/mol. The molecular weight excluding hydrogens is 432 g/mol. The summed E-state index contributed by atoms with van der Waals surface area (Å²) >= 11 is 0. The average Bonchev–Trinajstić information content (AvgIpc) is 3.26. The summed E-state index contributed by atoms with van der Waals surface area (Å²) in [6.45, 7) is 1.59. The first-order valence-electron chi connectivity index (χ1n) is 10.7. The molecule has 10 heteroatoms. The lowest BCUT2D eigenvalue weighted by atomic mass is 10.0. The van der Waals surface area contributed by atoms with Gasteiger partial charge >= 0.3 is 0 Å². The topological polar surface area (TPSA) is 122 Å². The summed E-state index contributed by atoms with van der Waals surface area (Å²) < 4.78 is 33.9. The van der Waals surface area contributed by atoms with Crippen LogP contribution in [0.5, 0.6) is 5.88 Å². The van der Waals surface area contributed by atoms with Crippen molar-refractivity contribution in [2.45, 2.75) is 49.3 Å². The number of aromatic nitrogens is 2. The lowest BCUT2D eigenvalue weighted by molar-refractivity contribution is -0.122. The molecule has 3 heterocycles. The number of anilines is 1. The number of carbonyl (C=O) groups is 1. The van der Waals surface area contributed by atoms with Gasteiger partial charge in [0.05, 0.1) is 7.11 Å². The van der Waals surface area contributed by atoms with Gasteiger partial charge in [-0.1, -0.05) is 12.8 Å². The van der Waals surface area contributed by atoms with E-state index in [4.69, 9.17) is 14.6 Å². The predicted octanol–water partition coefficient (Wildman–Crippen LogP) is 2.67. The first-order chi connectivity index (χ1) is 15.4. The molecule has 0 spiro atoms. The Kier molecular flexibility index (Phi) is 8.03. The van der Waals surface area contributed by atoms with Gasteiger partial charge in [0.1, 0.15) is 10.6 Å². The molecule has 0 unspecified atom stereocenters. The highest BCUT2D eigenvalue weighted by Crippen LogP contribution is 2.33. The third kappa shape index (κ3) is 5.74. The van der Waals surface area contributed by atoms with Crippen molar-refractivity contribution in [2.24, 2.45) is 0 Å². The molecule has 1 fully saturated rings. The van der Waals surface area contributed by atoms with Gasteiger partial charge in [0.25, 0.3) is 16.5 Å². The van der Waals surface area contributed by atoms with Crippen LogP contribution in [0, 0.1) is 0 Å². The maximum Gasteiger partial charge on any atom is 0.290 e. The number of nitrogens with zero attached hydrogens (tertiary/aromatic N) is 3. The van der Waals surface area contributed by atoms with Crippen molar-refractivity contribution in [3.63, 3.8) is 0 Å². The van der Waals surface area contributed by atoms with Gasteiger partial charge in [0.2, 0.25) is 5.88 Å². The van der Waals surface area contributed by atoms with Crippen LogP contribution in [0.1, 0.15) is 48.6 Å². The Morgan fingerprint density at radius 1 is 1.22 bits per heavy atom. The molecule has 0 radical (unpaired) electrons. The maximum absolute atomic E-state index is 12.9. The molecule has 0 atom stereocenters. The summed E-state index contributed by atoms with van der Waals surface area (Å²) in [4.78, 5) is 19.8. The molecule has 174 valence electrons. The highest BCUT2D eigenvalue weighted by Gasteiger charge is 2.23. The Morgan fingerprint density at radius 2 is 1.91 bits per heavy atom. The zero-order valence-electron chi connectivity index (χ0n) is 18.5. The van der Waals surface area contributed by atoms with Crippen LogP contribution in [0.25, 0.3) is 0 Å². The van der Waals surface area contributed by atoms with Gasteiger partial charge in [-0.15, -0.1) is 0 Å². The molecule has 2 aromatic rings.